The van der Waals surface area contributed by atoms with Gasteiger partial charge in [-0.2, -0.15) is 18.3 Å². The van der Waals surface area contributed by atoms with Crippen molar-refractivity contribution in [2.75, 3.05) is 5.73 Å². The molecule has 1 aromatic rings. The van der Waals surface area contributed by atoms with Crippen LogP contribution in [0.5, 0.6) is 0 Å². The van der Waals surface area contributed by atoms with Crippen molar-refractivity contribution >= 4 is 11.4 Å². The maximum atomic E-state index is 13.2. The Hall–Kier alpha value is -1.46. The largest absolute Gasteiger partial charge is 0.435 e. The third-order valence-corrected chi connectivity index (χ3v) is 3.85. The highest BCUT2D eigenvalue weighted by molar-refractivity contribution is 5.77. The van der Waals surface area contributed by atoms with Crippen LogP contribution in [0.3, 0.4) is 0 Å². The zero-order valence-electron chi connectivity index (χ0n) is 13.1. The van der Waals surface area contributed by atoms with Crippen LogP contribution in [0.1, 0.15) is 51.8 Å². The first-order valence-electron chi connectivity index (χ1n) is 6.94. The molecule has 0 atom stereocenters. The summed E-state index contributed by atoms with van der Waals surface area (Å²) < 4.78 is 40.8. The van der Waals surface area contributed by atoms with Gasteiger partial charge in [-0.3, -0.25) is 4.68 Å². The van der Waals surface area contributed by atoms with Gasteiger partial charge in [0.1, 0.15) is 5.82 Å². The molecular weight excluding hydrogens is 279 g/mol. The summed E-state index contributed by atoms with van der Waals surface area (Å²) in [6.07, 6.45) is -1.10. The number of nitrogens with two attached hydrogens (primary N) is 1. The van der Waals surface area contributed by atoms with Crippen molar-refractivity contribution in [1.82, 2.24) is 9.78 Å². The van der Waals surface area contributed by atoms with E-state index in [2.05, 4.69) is 18.9 Å². The molecule has 0 aliphatic heterocycles. The number of aromatic nitrogens is 2. The number of nitrogens with zero attached hydrogens (tertiary/aromatic N) is 2. The van der Waals surface area contributed by atoms with E-state index in [1.54, 1.807) is 0 Å². The lowest BCUT2D eigenvalue weighted by Crippen LogP contribution is -2.27. The molecule has 21 heavy (non-hydrogen) atoms. The minimum Gasteiger partial charge on any atom is -0.383 e. The predicted molar refractivity (Wildman–Crippen MR) is 77.4 cm³/mol. The summed E-state index contributed by atoms with van der Waals surface area (Å²) >= 11 is 0. The number of halogens is 3. The summed E-state index contributed by atoms with van der Waals surface area (Å²) in [5, 5.41) is 3.58. The lowest BCUT2D eigenvalue weighted by atomic mass is 9.65. The van der Waals surface area contributed by atoms with Crippen LogP contribution in [0.2, 0.25) is 0 Å². The second-order valence-electron chi connectivity index (χ2n) is 7.41. The number of rotatable bonds is 1. The zero-order valence-corrected chi connectivity index (χ0v) is 13.1. The first-order chi connectivity index (χ1) is 9.32. The van der Waals surface area contributed by atoms with Gasteiger partial charge in [-0.25, -0.2) is 0 Å². The van der Waals surface area contributed by atoms with Gasteiger partial charge in [0.05, 0.1) is 5.56 Å². The van der Waals surface area contributed by atoms with E-state index in [0.717, 1.165) is 11.1 Å². The van der Waals surface area contributed by atoms with Crippen molar-refractivity contribution in [2.45, 2.75) is 46.7 Å². The van der Waals surface area contributed by atoms with E-state index in [0.29, 0.717) is 12.0 Å². The molecule has 0 spiro atoms. The minimum absolute atomic E-state index is 0.0471. The smallest absolute Gasteiger partial charge is 0.383 e. The van der Waals surface area contributed by atoms with Gasteiger partial charge in [-0.15, -0.1) is 0 Å². The lowest BCUT2D eigenvalue weighted by molar-refractivity contribution is -0.141. The van der Waals surface area contributed by atoms with Crippen molar-refractivity contribution in [3.05, 3.63) is 17.3 Å². The second-order valence-corrected chi connectivity index (χ2v) is 7.41. The summed E-state index contributed by atoms with van der Waals surface area (Å²) in [6.45, 7) is 8.21. The molecule has 1 aliphatic rings. The Balaban J connectivity index is 2.64. The van der Waals surface area contributed by atoms with Crippen LogP contribution in [0.15, 0.2) is 6.08 Å². The van der Waals surface area contributed by atoms with E-state index in [4.69, 9.17) is 5.73 Å². The number of nitrogen functional groups attached to an aromatic ring is 1. The standard InChI is InChI=1S/C15H22F3N3/c1-13(2)6-9(7-14(3,4)8-13)10-11(15(16,17)18)20-21(5)12(10)19/h6H,7-8,19H2,1-5H3. The SMILES string of the molecule is Cn1nc(C(F)(F)F)c(C2=CC(C)(C)CC(C)(C)C2)c1N. The van der Waals surface area contributed by atoms with E-state index < -0.39 is 11.9 Å². The number of hydrogen-bond acceptors (Lipinski definition) is 2. The maximum absolute atomic E-state index is 13.2. The Morgan fingerprint density at radius 1 is 1.24 bits per heavy atom. The summed E-state index contributed by atoms with van der Waals surface area (Å²) in [5.41, 5.74) is 5.44. The Kier molecular flexibility index (Phi) is 3.42. The topological polar surface area (TPSA) is 43.8 Å². The average molecular weight is 301 g/mol. The van der Waals surface area contributed by atoms with E-state index in [1.807, 2.05) is 19.9 Å². The molecule has 0 radical (unpaired) electrons. The van der Waals surface area contributed by atoms with Crippen molar-refractivity contribution in [2.24, 2.45) is 17.9 Å². The van der Waals surface area contributed by atoms with Gasteiger partial charge in [-0.1, -0.05) is 33.8 Å². The molecule has 1 aliphatic carbocycles. The Morgan fingerprint density at radius 2 is 1.81 bits per heavy atom. The Bertz CT molecular complexity index is 592. The molecule has 0 saturated carbocycles. The van der Waals surface area contributed by atoms with Gasteiger partial charge >= 0.3 is 6.18 Å². The predicted octanol–water partition coefficient (Wildman–Crippen LogP) is 4.25. The number of allylic oxidation sites excluding steroid dienone is 2. The van der Waals surface area contributed by atoms with E-state index >= 15 is 0 Å². The fourth-order valence-electron chi connectivity index (χ4n) is 3.60. The Morgan fingerprint density at radius 3 is 2.29 bits per heavy atom. The molecule has 0 unspecified atom stereocenters. The van der Waals surface area contributed by atoms with Gasteiger partial charge in [0.25, 0.3) is 0 Å². The summed E-state index contributed by atoms with van der Waals surface area (Å²) in [5.74, 6) is 0.0714. The van der Waals surface area contributed by atoms with Crippen molar-refractivity contribution < 1.29 is 13.2 Å². The second kappa shape index (κ2) is 4.52. The molecule has 2 N–H and O–H groups in total. The highest BCUT2D eigenvalue weighted by Gasteiger charge is 2.42. The molecule has 0 amide bonds. The fraction of sp³-hybridized carbons (Fsp3) is 0.667. The summed E-state index contributed by atoms with van der Waals surface area (Å²) in [7, 11) is 1.44. The van der Waals surface area contributed by atoms with Crippen LogP contribution in [-0.4, -0.2) is 9.78 Å². The molecule has 2 rings (SSSR count). The average Bonchev–Trinajstić information content (AvgIpc) is 2.50. The molecule has 118 valence electrons. The molecule has 6 heteroatoms. The van der Waals surface area contributed by atoms with Gasteiger partial charge in [-0.05, 0) is 29.2 Å². The van der Waals surface area contributed by atoms with Crippen LogP contribution in [-0.2, 0) is 13.2 Å². The lowest BCUT2D eigenvalue weighted by Gasteiger charge is -2.39. The molecule has 1 heterocycles. The number of hydrogen-bond donors (Lipinski definition) is 1. The maximum Gasteiger partial charge on any atom is 0.435 e. The number of alkyl halides is 3. The van der Waals surface area contributed by atoms with Crippen LogP contribution in [0, 0.1) is 10.8 Å². The van der Waals surface area contributed by atoms with Crippen LogP contribution >= 0.6 is 0 Å². The molecule has 0 bridgehead atoms. The molecule has 0 saturated heterocycles. The molecule has 3 nitrogen and oxygen atoms in total. The minimum atomic E-state index is -4.50. The van der Waals surface area contributed by atoms with Crippen LogP contribution in [0.25, 0.3) is 5.57 Å². The van der Waals surface area contributed by atoms with Crippen molar-refractivity contribution in [3.63, 3.8) is 0 Å². The monoisotopic (exact) mass is 301 g/mol. The molecule has 1 aromatic heterocycles. The van der Waals surface area contributed by atoms with Crippen molar-refractivity contribution in [1.29, 1.82) is 0 Å². The van der Waals surface area contributed by atoms with Gasteiger partial charge in [0.15, 0.2) is 5.69 Å². The van der Waals surface area contributed by atoms with E-state index in [-0.39, 0.29) is 22.2 Å². The van der Waals surface area contributed by atoms with Crippen molar-refractivity contribution in [3.8, 4) is 0 Å². The zero-order chi connectivity index (χ0) is 16.2. The van der Waals surface area contributed by atoms with E-state index in [1.165, 1.54) is 7.05 Å². The Labute approximate surface area is 123 Å². The number of anilines is 1. The van der Waals surface area contributed by atoms with Crippen LogP contribution < -0.4 is 5.73 Å². The first kappa shape index (κ1) is 15.9. The normalized spacial score (nSPS) is 21.2. The molecule has 0 aromatic carbocycles. The summed E-state index contributed by atoms with van der Waals surface area (Å²) in [6, 6.07) is 0. The van der Waals surface area contributed by atoms with Gasteiger partial charge < -0.3 is 5.73 Å². The van der Waals surface area contributed by atoms with Gasteiger partial charge in [0.2, 0.25) is 0 Å². The van der Waals surface area contributed by atoms with Crippen LogP contribution in [0.4, 0.5) is 19.0 Å². The first-order valence-corrected chi connectivity index (χ1v) is 6.94. The quantitative estimate of drug-likeness (QED) is 0.842. The highest BCUT2D eigenvalue weighted by atomic mass is 19.4. The molecular formula is C15H22F3N3. The third kappa shape index (κ3) is 3.09. The molecule has 0 fully saturated rings. The van der Waals surface area contributed by atoms with E-state index in [9.17, 15) is 13.2 Å². The number of aryl methyl sites for hydroxylation is 1. The highest BCUT2D eigenvalue weighted by Crippen LogP contribution is 2.50. The van der Waals surface area contributed by atoms with Gasteiger partial charge in [0, 0.05) is 7.05 Å². The third-order valence-electron chi connectivity index (χ3n) is 3.85. The fourth-order valence-corrected chi connectivity index (χ4v) is 3.60. The summed E-state index contributed by atoms with van der Waals surface area (Å²) in [4.78, 5) is 0.